The highest BCUT2D eigenvalue weighted by Crippen LogP contribution is 2.28. The number of nitrogens with zero attached hydrogens (tertiary/aromatic N) is 2. The van der Waals surface area contributed by atoms with E-state index in [1.807, 2.05) is 19.2 Å². The molecule has 2 heterocycles. The molecule has 20 heavy (non-hydrogen) atoms. The summed E-state index contributed by atoms with van der Waals surface area (Å²) in [4.78, 5) is 4.13. The van der Waals surface area contributed by atoms with E-state index >= 15 is 0 Å². The van der Waals surface area contributed by atoms with Crippen molar-refractivity contribution < 1.29 is 8.42 Å². The third-order valence-electron chi connectivity index (χ3n) is 4.02. The molecule has 6 heteroatoms. The van der Waals surface area contributed by atoms with Crippen LogP contribution in [0.1, 0.15) is 36.4 Å². The number of nitrogens with two attached hydrogens (primary N) is 1. The van der Waals surface area contributed by atoms with Crippen LogP contribution in [0.5, 0.6) is 0 Å². The molecule has 1 aromatic heterocycles. The zero-order chi connectivity index (χ0) is 14.8. The number of hydrogen-bond donors (Lipinski definition) is 1. The van der Waals surface area contributed by atoms with Crippen molar-refractivity contribution in [2.75, 3.05) is 19.3 Å². The summed E-state index contributed by atoms with van der Waals surface area (Å²) in [5.41, 5.74) is 8.47. The largest absolute Gasteiger partial charge is 0.324 e. The Kier molecular flexibility index (Phi) is 4.78. The summed E-state index contributed by atoms with van der Waals surface area (Å²) < 4.78 is 24.8. The Morgan fingerprint density at radius 2 is 2.30 bits per heavy atom. The molecular weight excluding hydrogens is 274 g/mol. The summed E-state index contributed by atoms with van der Waals surface area (Å²) in [6.07, 6.45) is 7.61. The number of piperidine rings is 1. The Bertz CT molecular complexity index is 559. The quantitative estimate of drug-likeness (QED) is 0.912. The van der Waals surface area contributed by atoms with E-state index < -0.39 is 10.0 Å². The molecule has 1 aliphatic rings. The summed E-state index contributed by atoms with van der Waals surface area (Å²) >= 11 is 0. The molecule has 2 N–H and O–H groups in total. The Labute approximate surface area is 121 Å². The second-order valence-corrected chi connectivity index (χ2v) is 7.69. The molecule has 112 valence electrons. The number of aryl methyl sites for hydroxylation is 1. The zero-order valence-electron chi connectivity index (χ0n) is 12.1. The first-order valence-corrected chi connectivity index (χ1v) is 8.84. The van der Waals surface area contributed by atoms with Crippen LogP contribution in [0.15, 0.2) is 18.5 Å². The number of aromatic nitrogens is 1. The van der Waals surface area contributed by atoms with Gasteiger partial charge < -0.3 is 5.73 Å². The third kappa shape index (κ3) is 3.77. The van der Waals surface area contributed by atoms with E-state index in [1.54, 1.807) is 10.5 Å². The fraction of sp³-hybridized carbons (Fsp3) is 0.643. The molecule has 0 aliphatic carbocycles. The van der Waals surface area contributed by atoms with Crippen molar-refractivity contribution in [1.29, 1.82) is 0 Å². The molecule has 1 saturated heterocycles. The molecule has 0 saturated carbocycles. The minimum absolute atomic E-state index is 0.0757. The molecule has 1 aliphatic heterocycles. The van der Waals surface area contributed by atoms with E-state index in [-0.39, 0.29) is 6.04 Å². The van der Waals surface area contributed by atoms with Crippen molar-refractivity contribution in [2.45, 2.75) is 32.2 Å². The number of sulfonamides is 1. The molecular formula is C14H23N3O2S. The number of hydrogen-bond acceptors (Lipinski definition) is 4. The molecule has 0 spiro atoms. The van der Waals surface area contributed by atoms with Gasteiger partial charge >= 0.3 is 0 Å². The van der Waals surface area contributed by atoms with E-state index in [1.165, 1.54) is 6.26 Å². The van der Waals surface area contributed by atoms with E-state index in [2.05, 4.69) is 4.98 Å². The summed E-state index contributed by atoms with van der Waals surface area (Å²) in [5.74, 6) is 0.327. The monoisotopic (exact) mass is 297 g/mol. The van der Waals surface area contributed by atoms with Crippen LogP contribution >= 0.6 is 0 Å². The van der Waals surface area contributed by atoms with Crippen LogP contribution in [-0.4, -0.2) is 37.1 Å². The maximum atomic E-state index is 11.6. The standard InChI is InChI=1S/C14H23N3O2S/c1-11-5-6-16-9-13(11)14(15)8-12-4-3-7-17(10-12)20(2,18)19/h5-6,9,12,14H,3-4,7-8,10,15H2,1-2H3. The lowest BCUT2D eigenvalue weighted by Gasteiger charge is -2.32. The van der Waals surface area contributed by atoms with Gasteiger partial charge in [-0.3, -0.25) is 4.98 Å². The van der Waals surface area contributed by atoms with Crippen LogP contribution in [0.4, 0.5) is 0 Å². The van der Waals surface area contributed by atoms with Gasteiger partial charge in [0.05, 0.1) is 6.26 Å². The SMILES string of the molecule is Cc1ccncc1C(N)CC1CCCN(S(C)(=O)=O)C1. The number of pyridine rings is 1. The molecule has 2 rings (SSSR count). The van der Waals surface area contributed by atoms with Crippen LogP contribution < -0.4 is 5.73 Å². The molecule has 2 unspecified atom stereocenters. The predicted octanol–water partition coefficient (Wildman–Crippen LogP) is 1.45. The fourth-order valence-electron chi connectivity index (χ4n) is 2.87. The van der Waals surface area contributed by atoms with Crippen LogP contribution in [0.2, 0.25) is 0 Å². The van der Waals surface area contributed by atoms with E-state index in [0.717, 1.165) is 30.4 Å². The average molecular weight is 297 g/mol. The fourth-order valence-corrected chi connectivity index (χ4v) is 3.81. The second-order valence-electron chi connectivity index (χ2n) is 5.70. The van der Waals surface area contributed by atoms with Gasteiger partial charge in [-0.25, -0.2) is 12.7 Å². The minimum Gasteiger partial charge on any atom is -0.324 e. The van der Waals surface area contributed by atoms with Gasteiger partial charge in [0.15, 0.2) is 0 Å². The van der Waals surface area contributed by atoms with Crippen molar-refractivity contribution >= 4 is 10.0 Å². The highest BCUT2D eigenvalue weighted by atomic mass is 32.2. The van der Waals surface area contributed by atoms with Gasteiger partial charge in [-0.2, -0.15) is 0 Å². The Morgan fingerprint density at radius 3 is 2.95 bits per heavy atom. The van der Waals surface area contributed by atoms with Crippen molar-refractivity contribution in [2.24, 2.45) is 11.7 Å². The zero-order valence-corrected chi connectivity index (χ0v) is 12.9. The lowest BCUT2D eigenvalue weighted by atomic mass is 9.89. The first-order valence-electron chi connectivity index (χ1n) is 6.99. The summed E-state index contributed by atoms with van der Waals surface area (Å²) in [6.45, 7) is 3.25. The van der Waals surface area contributed by atoms with Crippen LogP contribution in [0.25, 0.3) is 0 Å². The maximum absolute atomic E-state index is 11.6. The van der Waals surface area contributed by atoms with E-state index in [0.29, 0.717) is 19.0 Å². The maximum Gasteiger partial charge on any atom is 0.211 e. The molecule has 0 aromatic carbocycles. The molecule has 0 amide bonds. The van der Waals surface area contributed by atoms with Crippen molar-refractivity contribution in [3.05, 3.63) is 29.6 Å². The third-order valence-corrected chi connectivity index (χ3v) is 5.29. The van der Waals surface area contributed by atoms with E-state index in [4.69, 9.17) is 5.73 Å². The highest BCUT2D eigenvalue weighted by molar-refractivity contribution is 7.88. The lowest BCUT2D eigenvalue weighted by molar-refractivity contribution is 0.247. The first kappa shape index (κ1) is 15.4. The topological polar surface area (TPSA) is 76.3 Å². The van der Waals surface area contributed by atoms with Gasteiger partial charge in [0, 0.05) is 31.5 Å². The predicted molar refractivity (Wildman–Crippen MR) is 79.7 cm³/mol. The van der Waals surface area contributed by atoms with Gasteiger partial charge in [-0.1, -0.05) is 0 Å². The van der Waals surface area contributed by atoms with Gasteiger partial charge in [0.25, 0.3) is 0 Å². The van der Waals surface area contributed by atoms with Crippen LogP contribution in [0, 0.1) is 12.8 Å². The molecule has 1 aromatic rings. The minimum atomic E-state index is -3.09. The summed E-state index contributed by atoms with van der Waals surface area (Å²) in [6, 6.07) is 1.88. The Hall–Kier alpha value is -0.980. The van der Waals surface area contributed by atoms with Gasteiger partial charge in [0.2, 0.25) is 10.0 Å². The first-order chi connectivity index (χ1) is 9.38. The Morgan fingerprint density at radius 1 is 1.55 bits per heavy atom. The summed E-state index contributed by atoms with van der Waals surface area (Å²) in [7, 11) is -3.09. The smallest absolute Gasteiger partial charge is 0.211 e. The second kappa shape index (κ2) is 6.20. The van der Waals surface area contributed by atoms with Crippen LogP contribution in [-0.2, 0) is 10.0 Å². The molecule has 0 bridgehead atoms. The van der Waals surface area contributed by atoms with Gasteiger partial charge in [-0.05, 0) is 49.3 Å². The molecule has 2 atom stereocenters. The Balaban J connectivity index is 2.01. The molecule has 1 fully saturated rings. The van der Waals surface area contributed by atoms with Gasteiger partial charge in [0.1, 0.15) is 0 Å². The molecule has 0 radical (unpaired) electrons. The van der Waals surface area contributed by atoms with Crippen LogP contribution in [0.3, 0.4) is 0 Å². The van der Waals surface area contributed by atoms with Crippen molar-refractivity contribution in [3.8, 4) is 0 Å². The molecule has 5 nitrogen and oxygen atoms in total. The lowest BCUT2D eigenvalue weighted by Crippen LogP contribution is -2.40. The highest BCUT2D eigenvalue weighted by Gasteiger charge is 2.27. The van der Waals surface area contributed by atoms with Gasteiger partial charge in [-0.15, -0.1) is 0 Å². The van der Waals surface area contributed by atoms with Crippen molar-refractivity contribution in [3.63, 3.8) is 0 Å². The van der Waals surface area contributed by atoms with Crippen molar-refractivity contribution in [1.82, 2.24) is 9.29 Å². The summed E-state index contributed by atoms with van der Waals surface area (Å²) in [5, 5.41) is 0. The average Bonchev–Trinajstić information content (AvgIpc) is 2.38. The van der Waals surface area contributed by atoms with E-state index in [9.17, 15) is 8.42 Å². The normalized spacial score (nSPS) is 22.6. The number of rotatable bonds is 4.